The first kappa shape index (κ1) is 21.2. The molecular formula is C20H29FN2O4. The smallest absolute Gasteiger partial charge is 0.407 e. The van der Waals surface area contributed by atoms with Crippen LogP contribution in [0, 0.1) is 5.82 Å². The van der Waals surface area contributed by atoms with Gasteiger partial charge in [0.1, 0.15) is 11.4 Å². The summed E-state index contributed by atoms with van der Waals surface area (Å²) in [6, 6.07) is 6.21. The molecule has 0 atom stereocenters. The monoisotopic (exact) mass is 380 g/mol. The van der Waals surface area contributed by atoms with Gasteiger partial charge >= 0.3 is 6.09 Å². The minimum atomic E-state index is -0.779. The minimum Gasteiger partial charge on any atom is -0.444 e. The quantitative estimate of drug-likeness (QED) is 0.744. The van der Waals surface area contributed by atoms with Crippen molar-refractivity contribution in [1.82, 2.24) is 10.6 Å². The third kappa shape index (κ3) is 6.20. The summed E-state index contributed by atoms with van der Waals surface area (Å²) in [7, 11) is 0. The molecule has 0 aromatic heterocycles. The zero-order valence-electron chi connectivity index (χ0n) is 16.3. The number of alkyl carbamates (subject to hydrolysis) is 1. The molecule has 1 aliphatic rings. The second kappa shape index (κ2) is 9.17. The van der Waals surface area contributed by atoms with E-state index < -0.39 is 17.1 Å². The Morgan fingerprint density at radius 3 is 2.48 bits per heavy atom. The van der Waals surface area contributed by atoms with Crippen molar-refractivity contribution in [3.05, 3.63) is 35.6 Å². The van der Waals surface area contributed by atoms with E-state index in [9.17, 15) is 14.0 Å². The number of hydrogen-bond acceptors (Lipinski definition) is 4. The van der Waals surface area contributed by atoms with E-state index in [1.54, 1.807) is 32.9 Å². The van der Waals surface area contributed by atoms with Crippen LogP contribution in [0.15, 0.2) is 24.3 Å². The maximum absolute atomic E-state index is 13.7. The predicted molar refractivity (Wildman–Crippen MR) is 100.0 cm³/mol. The van der Waals surface area contributed by atoms with Gasteiger partial charge in [0.2, 0.25) is 5.91 Å². The van der Waals surface area contributed by atoms with E-state index in [1.165, 1.54) is 12.1 Å². The highest BCUT2D eigenvalue weighted by Crippen LogP contribution is 2.35. The normalized spacial score (nSPS) is 16.4. The van der Waals surface area contributed by atoms with Gasteiger partial charge in [-0.05, 0) is 57.7 Å². The van der Waals surface area contributed by atoms with Gasteiger partial charge in [-0.15, -0.1) is 0 Å². The average molecular weight is 380 g/mol. The fourth-order valence-corrected chi connectivity index (χ4v) is 3.12. The molecule has 7 heteroatoms. The minimum absolute atomic E-state index is 0.131. The summed E-state index contributed by atoms with van der Waals surface area (Å²) in [5.74, 6) is -0.485. The second-order valence-corrected chi connectivity index (χ2v) is 7.74. The summed E-state index contributed by atoms with van der Waals surface area (Å²) >= 11 is 0. The van der Waals surface area contributed by atoms with Crippen molar-refractivity contribution >= 4 is 12.0 Å². The molecule has 2 amide bonds. The number of hydrogen-bond donors (Lipinski definition) is 2. The van der Waals surface area contributed by atoms with Crippen LogP contribution in [-0.2, 0) is 19.7 Å². The van der Waals surface area contributed by atoms with Crippen molar-refractivity contribution < 1.29 is 23.5 Å². The van der Waals surface area contributed by atoms with Crippen LogP contribution in [0.2, 0.25) is 0 Å². The van der Waals surface area contributed by atoms with Gasteiger partial charge in [-0.3, -0.25) is 4.79 Å². The number of nitrogens with one attached hydrogen (secondary N) is 2. The molecule has 2 rings (SSSR count). The molecule has 1 fully saturated rings. The van der Waals surface area contributed by atoms with Gasteiger partial charge in [-0.2, -0.15) is 0 Å². The van der Waals surface area contributed by atoms with Gasteiger partial charge in [0, 0.05) is 26.3 Å². The standard InChI is InChI=1S/C20H29FN2O4/c1-19(2,3)27-18(25)23-11-5-10-22-17(24)20(8-12-26-13-9-20)15-6-4-7-16(21)14-15/h4,6-7,14H,5,8-13H2,1-3H3,(H,22,24)(H,23,25). The Bertz CT molecular complexity index is 652. The van der Waals surface area contributed by atoms with Crippen LogP contribution in [0.5, 0.6) is 0 Å². The van der Waals surface area contributed by atoms with E-state index in [0.717, 1.165) is 0 Å². The van der Waals surface area contributed by atoms with Crippen LogP contribution >= 0.6 is 0 Å². The summed E-state index contributed by atoms with van der Waals surface area (Å²) in [5.41, 5.74) is -0.646. The molecule has 1 aromatic rings. The summed E-state index contributed by atoms with van der Waals surface area (Å²) in [6.45, 7) is 7.12. The lowest BCUT2D eigenvalue weighted by Gasteiger charge is -2.36. The number of benzene rings is 1. The van der Waals surface area contributed by atoms with Crippen LogP contribution in [0.3, 0.4) is 0 Å². The number of carbonyl (C=O) groups is 2. The number of carbonyl (C=O) groups excluding carboxylic acids is 2. The van der Waals surface area contributed by atoms with Gasteiger partial charge in [0.25, 0.3) is 0 Å². The maximum Gasteiger partial charge on any atom is 0.407 e. The van der Waals surface area contributed by atoms with Crippen LogP contribution < -0.4 is 10.6 Å². The van der Waals surface area contributed by atoms with E-state index in [-0.39, 0.29) is 11.7 Å². The number of amides is 2. The zero-order valence-corrected chi connectivity index (χ0v) is 16.3. The molecule has 0 aliphatic carbocycles. The highest BCUT2D eigenvalue weighted by Gasteiger charge is 2.41. The van der Waals surface area contributed by atoms with Crippen molar-refractivity contribution in [3.8, 4) is 0 Å². The molecule has 0 radical (unpaired) electrons. The Morgan fingerprint density at radius 2 is 1.85 bits per heavy atom. The molecule has 150 valence electrons. The molecule has 1 aliphatic heterocycles. The molecule has 2 N–H and O–H groups in total. The topological polar surface area (TPSA) is 76.7 Å². The summed E-state index contributed by atoms with van der Waals surface area (Å²) in [4.78, 5) is 24.5. The van der Waals surface area contributed by atoms with Crippen LogP contribution in [-0.4, -0.2) is 43.9 Å². The van der Waals surface area contributed by atoms with Crippen molar-refractivity contribution in [1.29, 1.82) is 0 Å². The Labute approximate surface area is 159 Å². The van der Waals surface area contributed by atoms with Gasteiger partial charge in [-0.25, -0.2) is 9.18 Å². The van der Waals surface area contributed by atoms with Crippen LogP contribution in [0.4, 0.5) is 9.18 Å². The highest BCUT2D eigenvalue weighted by atomic mass is 19.1. The van der Waals surface area contributed by atoms with Crippen molar-refractivity contribution in [2.24, 2.45) is 0 Å². The first-order chi connectivity index (χ1) is 12.7. The summed E-state index contributed by atoms with van der Waals surface area (Å²) < 4.78 is 24.2. The van der Waals surface area contributed by atoms with Crippen LogP contribution in [0.25, 0.3) is 0 Å². The Morgan fingerprint density at radius 1 is 1.19 bits per heavy atom. The Hall–Kier alpha value is -2.15. The molecular weight excluding hydrogens is 351 g/mol. The second-order valence-electron chi connectivity index (χ2n) is 7.74. The third-order valence-electron chi connectivity index (χ3n) is 4.47. The van der Waals surface area contributed by atoms with Gasteiger partial charge in [-0.1, -0.05) is 12.1 Å². The number of rotatable bonds is 6. The largest absolute Gasteiger partial charge is 0.444 e. The van der Waals surface area contributed by atoms with E-state index >= 15 is 0 Å². The van der Waals surface area contributed by atoms with E-state index in [2.05, 4.69) is 10.6 Å². The lowest BCUT2D eigenvalue weighted by Crippen LogP contribution is -2.48. The maximum atomic E-state index is 13.7. The number of ether oxygens (including phenoxy) is 2. The third-order valence-corrected chi connectivity index (χ3v) is 4.47. The fraction of sp³-hybridized carbons (Fsp3) is 0.600. The molecule has 27 heavy (non-hydrogen) atoms. The predicted octanol–water partition coefficient (Wildman–Crippen LogP) is 2.90. The van der Waals surface area contributed by atoms with Crippen molar-refractivity contribution in [2.75, 3.05) is 26.3 Å². The summed E-state index contributed by atoms with van der Waals surface area (Å²) in [6.07, 6.45) is 1.12. The molecule has 0 bridgehead atoms. The SMILES string of the molecule is CC(C)(C)OC(=O)NCCCNC(=O)C1(c2cccc(F)c2)CCOCC1. The molecule has 6 nitrogen and oxygen atoms in total. The summed E-state index contributed by atoms with van der Waals surface area (Å²) in [5, 5.41) is 5.58. The molecule has 1 heterocycles. The molecule has 1 aromatic carbocycles. The van der Waals surface area contributed by atoms with E-state index in [4.69, 9.17) is 9.47 Å². The van der Waals surface area contributed by atoms with Crippen molar-refractivity contribution in [2.45, 2.75) is 51.0 Å². The first-order valence-corrected chi connectivity index (χ1v) is 9.32. The van der Waals surface area contributed by atoms with E-state index in [0.29, 0.717) is 51.1 Å². The molecule has 0 unspecified atom stereocenters. The Balaban J connectivity index is 1.87. The molecule has 0 spiro atoms. The van der Waals surface area contributed by atoms with E-state index in [1.807, 2.05) is 0 Å². The van der Waals surface area contributed by atoms with Crippen LogP contribution in [0.1, 0.15) is 45.6 Å². The Kier molecular flexibility index (Phi) is 7.18. The lowest BCUT2D eigenvalue weighted by atomic mass is 9.73. The van der Waals surface area contributed by atoms with Gasteiger partial charge < -0.3 is 20.1 Å². The van der Waals surface area contributed by atoms with Crippen molar-refractivity contribution in [3.63, 3.8) is 0 Å². The zero-order chi connectivity index (χ0) is 19.9. The average Bonchev–Trinajstić information content (AvgIpc) is 2.60. The van der Waals surface area contributed by atoms with Gasteiger partial charge in [0.15, 0.2) is 0 Å². The van der Waals surface area contributed by atoms with Gasteiger partial charge in [0.05, 0.1) is 5.41 Å². The number of halogens is 1. The first-order valence-electron chi connectivity index (χ1n) is 9.32. The molecule has 0 saturated carbocycles. The molecule has 1 saturated heterocycles. The lowest BCUT2D eigenvalue weighted by molar-refractivity contribution is -0.130. The highest BCUT2D eigenvalue weighted by molar-refractivity contribution is 5.88. The fourth-order valence-electron chi connectivity index (χ4n) is 3.12.